The topological polar surface area (TPSA) is 61.4 Å². The Morgan fingerprint density at radius 1 is 1.09 bits per heavy atom. The van der Waals surface area contributed by atoms with Crippen LogP contribution in [0.1, 0.15) is 33.1 Å². The van der Waals surface area contributed by atoms with E-state index in [1.54, 1.807) is 12.1 Å². The predicted molar refractivity (Wildman–Crippen MR) is 95.4 cm³/mol. The van der Waals surface area contributed by atoms with E-state index < -0.39 is 6.04 Å². The minimum absolute atomic E-state index is 0.0191. The maximum atomic E-state index is 12.6. The monoisotopic (exact) mass is 381 g/mol. The average Bonchev–Trinajstić information content (AvgIpc) is 2.55. The van der Waals surface area contributed by atoms with Crippen LogP contribution in [-0.4, -0.2) is 36.0 Å². The molecule has 3 amide bonds. The van der Waals surface area contributed by atoms with E-state index >= 15 is 0 Å². The van der Waals surface area contributed by atoms with Gasteiger partial charge in [-0.2, -0.15) is 0 Å². The molecule has 0 spiro atoms. The van der Waals surface area contributed by atoms with Crippen molar-refractivity contribution in [3.63, 3.8) is 0 Å². The van der Waals surface area contributed by atoms with Gasteiger partial charge in [0.05, 0.1) is 0 Å². The van der Waals surface area contributed by atoms with E-state index in [2.05, 4.69) is 26.6 Å². The van der Waals surface area contributed by atoms with Crippen molar-refractivity contribution >= 4 is 33.6 Å². The zero-order valence-corrected chi connectivity index (χ0v) is 15.2. The van der Waals surface area contributed by atoms with Gasteiger partial charge in [-0.15, -0.1) is 0 Å². The van der Waals surface area contributed by atoms with Crippen molar-refractivity contribution in [3.05, 3.63) is 28.7 Å². The fourth-order valence-corrected chi connectivity index (χ4v) is 2.93. The van der Waals surface area contributed by atoms with Crippen LogP contribution in [-0.2, 0) is 4.79 Å². The molecule has 1 fully saturated rings. The molecule has 23 heavy (non-hydrogen) atoms. The number of nitrogens with zero attached hydrogens (tertiary/aromatic N) is 1. The standard InChI is InChI=1S/C17H24BrN3O2/c1-12(2)15(16(22)21-10-4-3-5-11-21)20-17(23)19-14-8-6-13(18)7-9-14/h6-9,12,15H,3-5,10-11H2,1-2H3,(H2,19,20,23). The number of carbonyl (C=O) groups excluding carboxylic acids is 2. The van der Waals surface area contributed by atoms with Gasteiger partial charge in [-0.3, -0.25) is 4.79 Å². The molecule has 1 aromatic rings. The van der Waals surface area contributed by atoms with E-state index in [9.17, 15) is 9.59 Å². The number of urea groups is 1. The summed E-state index contributed by atoms with van der Waals surface area (Å²) < 4.78 is 0.948. The lowest BCUT2D eigenvalue weighted by molar-refractivity contribution is -0.135. The van der Waals surface area contributed by atoms with Crippen molar-refractivity contribution in [2.75, 3.05) is 18.4 Å². The van der Waals surface area contributed by atoms with Gasteiger partial charge in [-0.1, -0.05) is 29.8 Å². The number of hydrogen-bond donors (Lipinski definition) is 2. The second kappa shape index (κ2) is 8.34. The summed E-state index contributed by atoms with van der Waals surface area (Å²) in [5, 5.41) is 5.59. The van der Waals surface area contributed by atoms with Gasteiger partial charge < -0.3 is 15.5 Å². The maximum absolute atomic E-state index is 12.6. The highest BCUT2D eigenvalue weighted by molar-refractivity contribution is 9.10. The molecule has 0 aromatic heterocycles. The van der Waals surface area contributed by atoms with E-state index in [1.165, 1.54) is 6.42 Å². The summed E-state index contributed by atoms with van der Waals surface area (Å²) in [5.74, 6) is 0.0609. The Balaban J connectivity index is 1.96. The molecule has 0 saturated carbocycles. The third kappa shape index (κ3) is 5.23. The molecule has 126 valence electrons. The Morgan fingerprint density at radius 2 is 1.70 bits per heavy atom. The van der Waals surface area contributed by atoms with Gasteiger partial charge in [0, 0.05) is 23.2 Å². The lowest BCUT2D eigenvalue weighted by Gasteiger charge is -2.32. The van der Waals surface area contributed by atoms with E-state index in [-0.39, 0.29) is 17.9 Å². The predicted octanol–water partition coefficient (Wildman–Crippen LogP) is 3.61. The zero-order valence-electron chi connectivity index (χ0n) is 13.6. The summed E-state index contributed by atoms with van der Waals surface area (Å²) in [5.41, 5.74) is 0.693. The van der Waals surface area contributed by atoms with E-state index in [4.69, 9.17) is 0 Å². The van der Waals surface area contributed by atoms with Crippen LogP contribution in [0.4, 0.5) is 10.5 Å². The van der Waals surface area contributed by atoms with Gasteiger partial charge in [0.15, 0.2) is 0 Å². The van der Waals surface area contributed by atoms with Crippen molar-refractivity contribution in [1.82, 2.24) is 10.2 Å². The molecule has 2 rings (SSSR count). The van der Waals surface area contributed by atoms with Crippen LogP contribution < -0.4 is 10.6 Å². The molecular formula is C17H24BrN3O2. The number of amides is 3. The lowest BCUT2D eigenvalue weighted by Crippen LogP contribution is -2.53. The zero-order chi connectivity index (χ0) is 16.8. The van der Waals surface area contributed by atoms with Gasteiger partial charge in [-0.25, -0.2) is 4.79 Å². The number of halogens is 1. The number of hydrogen-bond acceptors (Lipinski definition) is 2. The van der Waals surface area contributed by atoms with Gasteiger partial charge in [0.2, 0.25) is 5.91 Å². The number of nitrogens with one attached hydrogen (secondary N) is 2. The summed E-state index contributed by atoms with van der Waals surface area (Å²) in [4.78, 5) is 26.7. The molecule has 1 atom stereocenters. The fraction of sp³-hybridized carbons (Fsp3) is 0.529. The highest BCUT2D eigenvalue weighted by atomic mass is 79.9. The average molecular weight is 382 g/mol. The molecule has 0 radical (unpaired) electrons. The second-order valence-electron chi connectivity index (χ2n) is 6.21. The number of carbonyl (C=O) groups is 2. The van der Waals surface area contributed by atoms with Crippen LogP contribution in [0.3, 0.4) is 0 Å². The minimum atomic E-state index is -0.497. The number of rotatable bonds is 4. The van der Waals surface area contributed by atoms with Gasteiger partial charge in [0.1, 0.15) is 6.04 Å². The van der Waals surface area contributed by atoms with Crippen molar-refractivity contribution < 1.29 is 9.59 Å². The molecule has 1 heterocycles. The Kier molecular flexibility index (Phi) is 6.45. The first-order valence-corrected chi connectivity index (χ1v) is 8.88. The smallest absolute Gasteiger partial charge is 0.319 e. The number of anilines is 1. The fourth-order valence-electron chi connectivity index (χ4n) is 2.67. The summed E-state index contributed by atoms with van der Waals surface area (Å²) in [6.45, 7) is 5.48. The van der Waals surface area contributed by atoms with Gasteiger partial charge >= 0.3 is 6.03 Å². The SMILES string of the molecule is CC(C)C(NC(=O)Nc1ccc(Br)cc1)C(=O)N1CCCCC1. The molecule has 1 saturated heterocycles. The molecular weight excluding hydrogens is 358 g/mol. The van der Waals surface area contributed by atoms with Crippen LogP contribution in [0.25, 0.3) is 0 Å². The normalized spacial score (nSPS) is 16.1. The molecule has 1 aromatic carbocycles. The largest absolute Gasteiger partial charge is 0.341 e. The summed E-state index contributed by atoms with van der Waals surface area (Å²) in [7, 11) is 0. The Bertz CT molecular complexity index is 539. The molecule has 6 heteroatoms. The third-order valence-electron chi connectivity index (χ3n) is 3.99. The number of benzene rings is 1. The molecule has 1 aliphatic heterocycles. The minimum Gasteiger partial charge on any atom is -0.341 e. The van der Waals surface area contributed by atoms with Crippen LogP contribution in [0.2, 0.25) is 0 Å². The molecule has 0 aliphatic carbocycles. The summed E-state index contributed by atoms with van der Waals surface area (Å²) in [6.07, 6.45) is 3.26. The van der Waals surface area contributed by atoms with E-state index in [0.29, 0.717) is 5.69 Å². The second-order valence-corrected chi connectivity index (χ2v) is 7.13. The van der Waals surface area contributed by atoms with Crippen molar-refractivity contribution in [3.8, 4) is 0 Å². The molecule has 2 N–H and O–H groups in total. The first-order chi connectivity index (χ1) is 11.0. The highest BCUT2D eigenvalue weighted by Crippen LogP contribution is 2.15. The van der Waals surface area contributed by atoms with Crippen LogP contribution in [0.15, 0.2) is 28.7 Å². The number of likely N-dealkylation sites (tertiary alicyclic amines) is 1. The van der Waals surface area contributed by atoms with E-state index in [0.717, 1.165) is 30.4 Å². The van der Waals surface area contributed by atoms with E-state index in [1.807, 2.05) is 30.9 Å². The molecule has 1 unspecified atom stereocenters. The Morgan fingerprint density at radius 3 is 2.26 bits per heavy atom. The molecule has 1 aliphatic rings. The number of piperidine rings is 1. The molecule has 0 bridgehead atoms. The Hall–Kier alpha value is -1.56. The van der Waals surface area contributed by atoms with Gasteiger partial charge in [0.25, 0.3) is 0 Å². The quantitative estimate of drug-likeness (QED) is 0.836. The Labute approximate surface area is 145 Å². The maximum Gasteiger partial charge on any atom is 0.319 e. The molecule has 5 nitrogen and oxygen atoms in total. The summed E-state index contributed by atoms with van der Waals surface area (Å²) >= 11 is 3.36. The van der Waals surface area contributed by atoms with Crippen LogP contribution in [0, 0.1) is 5.92 Å². The first kappa shape index (κ1) is 17.8. The van der Waals surface area contributed by atoms with Crippen molar-refractivity contribution in [1.29, 1.82) is 0 Å². The lowest BCUT2D eigenvalue weighted by atomic mass is 10.0. The van der Waals surface area contributed by atoms with Crippen molar-refractivity contribution in [2.24, 2.45) is 5.92 Å². The van der Waals surface area contributed by atoms with Crippen molar-refractivity contribution in [2.45, 2.75) is 39.2 Å². The van der Waals surface area contributed by atoms with Gasteiger partial charge in [-0.05, 0) is 49.4 Å². The highest BCUT2D eigenvalue weighted by Gasteiger charge is 2.29. The van der Waals surface area contributed by atoms with Crippen LogP contribution >= 0.6 is 15.9 Å². The third-order valence-corrected chi connectivity index (χ3v) is 4.52. The first-order valence-electron chi connectivity index (χ1n) is 8.09. The summed E-state index contributed by atoms with van der Waals surface area (Å²) in [6, 6.07) is 6.48. The van der Waals surface area contributed by atoms with Crippen LogP contribution in [0.5, 0.6) is 0 Å².